The maximum atomic E-state index is 12.8. The molecule has 2 aromatic rings. The van der Waals surface area contributed by atoms with Crippen LogP contribution in [-0.2, 0) is 9.59 Å². The molecule has 1 saturated heterocycles. The summed E-state index contributed by atoms with van der Waals surface area (Å²) in [5, 5.41) is 6.32. The fourth-order valence-corrected chi connectivity index (χ4v) is 2.89. The van der Waals surface area contributed by atoms with E-state index < -0.39 is 0 Å². The third-order valence-corrected chi connectivity index (χ3v) is 4.11. The van der Waals surface area contributed by atoms with E-state index in [1.807, 2.05) is 30.3 Å². The first-order valence-electron chi connectivity index (χ1n) is 8.06. The molecule has 8 nitrogen and oxygen atoms in total. The van der Waals surface area contributed by atoms with Gasteiger partial charge < -0.3 is 14.7 Å². The van der Waals surface area contributed by atoms with Crippen molar-refractivity contribution in [2.24, 2.45) is 5.92 Å². The van der Waals surface area contributed by atoms with Crippen molar-refractivity contribution >= 4 is 17.6 Å². The molecule has 25 heavy (non-hydrogen) atoms. The van der Waals surface area contributed by atoms with Crippen molar-refractivity contribution < 1.29 is 14.1 Å². The Bertz CT molecular complexity index is 746. The Morgan fingerprint density at radius 1 is 1.36 bits per heavy atom. The van der Waals surface area contributed by atoms with Crippen LogP contribution >= 0.6 is 0 Å². The number of aryl methyl sites for hydroxylation is 1. The van der Waals surface area contributed by atoms with E-state index >= 15 is 0 Å². The van der Waals surface area contributed by atoms with Gasteiger partial charge in [-0.05, 0) is 12.5 Å². The molecular weight excluding hydrogens is 322 g/mol. The monoisotopic (exact) mass is 343 g/mol. The number of hydrogen-bond acceptors (Lipinski definition) is 6. The lowest BCUT2D eigenvalue weighted by atomic mass is 9.94. The molecule has 2 atom stereocenters. The molecule has 0 spiro atoms. The minimum Gasteiger partial charge on any atom is -0.360 e. The second kappa shape index (κ2) is 7.45. The molecular formula is C17H21N5O3. The number of anilines is 1. The van der Waals surface area contributed by atoms with Gasteiger partial charge in [0.2, 0.25) is 11.8 Å². The number of nitrogens with one attached hydrogen (secondary N) is 3. The van der Waals surface area contributed by atoms with Gasteiger partial charge in [-0.3, -0.25) is 15.0 Å². The van der Waals surface area contributed by atoms with Crippen molar-refractivity contribution in [3.05, 3.63) is 47.7 Å². The fraction of sp³-hybridized carbons (Fsp3) is 0.353. The maximum absolute atomic E-state index is 12.8. The maximum Gasteiger partial charge on any atom is 0.245 e. The van der Waals surface area contributed by atoms with Crippen LogP contribution in [0.15, 0.2) is 40.9 Å². The van der Waals surface area contributed by atoms with E-state index in [2.05, 4.69) is 21.3 Å². The molecule has 132 valence electrons. The normalized spacial score (nSPS) is 19.6. The molecule has 3 rings (SSSR count). The molecule has 0 bridgehead atoms. The van der Waals surface area contributed by atoms with E-state index in [0.717, 1.165) is 5.56 Å². The van der Waals surface area contributed by atoms with Crippen LogP contribution in [0.4, 0.5) is 5.82 Å². The number of nitrogens with zero attached hydrogens (tertiary/aromatic N) is 2. The number of hydrazine groups is 1. The zero-order valence-electron chi connectivity index (χ0n) is 14.2. The lowest BCUT2D eigenvalue weighted by Gasteiger charge is -2.24. The van der Waals surface area contributed by atoms with Crippen LogP contribution in [0.25, 0.3) is 0 Å². The van der Waals surface area contributed by atoms with Crippen LogP contribution in [0.5, 0.6) is 0 Å². The summed E-state index contributed by atoms with van der Waals surface area (Å²) < 4.78 is 4.90. The van der Waals surface area contributed by atoms with Gasteiger partial charge in [-0.15, -0.1) is 0 Å². The first-order valence-corrected chi connectivity index (χ1v) is 8.06. The molecule has 1 aliphatic heterocycles. The predicted molar refractivity (Wildman–Crippen MR) is 91.3 cm³/mol. The van der Waals surface area contributed by atoms with Gasteiger partial charge in [0.1, 0.15) is 5.76 Å². The summed E-state index contributed by atoms with van der Waals surface area (Å²) in [4.78, 5) is 26.3. The molecule has 2 heterocycles. The SMILES string of the molecule is Cc1cc(NC(=O)CN(C)C(=O)C2CNNC2c2ccccc2)no1. The van der Waals surface area contributed by atoms with Crippen molar-refractivity contribution in [1.29, 1.82) is 0 Å². The highest BCUT2D eigenvalue weighted by Gasteiger charge is 2.35. The van der Waals surface area contributed by atoms with Gasteiger partial charge in [0.05, 0.1) is 18.5 Å². The van der Waals surface area contributed by atoms with E-state index in [4.69, 9.17) is 4.52 Å². The summed E-state index contributed by atoms with van der Waals surface area (Å²) in [6.45, 7) is 2.19. The van der Waals surface area contributed by atoms with Crippen LogP contribution in [0, 0.1) is 12.8 Å². The Labute approximate surface area is 145 Å². The number of amides is 2. The summed E-state index contributed by atoms with van der Waals surface area (Å²) in [5.74, 6) is 0.245. The lowest BCUT2D eigenvalue weighted by molar-refractivity contribution is -0.136. The second-order valence-corrected chi connectivity index (χ2v) is 6.09. The Kier molecular flexibility index (Phi) is 5.11. The van der Waals surface area contributed by atoms with Crippen molar-refractivity contribution in [3.63, 3.8) is 0 Å². The van der Waals surface area contributed by atoms with Gasteiger partial charge in [-0.1, -0.05) is 35.5 Å². The average Bonchev–Trinajstić information content (AvgIpc) is 3.24. The van der Waals surface area contributed by atoms with Crippen molar-refractivity contribution in [2.45, 2.75) is 13.0 Å². The minimum atomic E-state index is -0.320. The highest BCUT2D eigenvalue weighted by Crippen LogP contribution is 2.26. The number of hydrogen-bond donors (Lipinski definition) is 3. The number of aromatic nitrogens is 1. The highest BCUT2D eigenvalue weighted by molar-refractivity contribution is 5.94. The Morgan fingerprint density at radius 3 is 2.80 bits per heavy atom. The molecule has 2 amide bonds. The molecule has 0 radical (unpaired) electrons. The van der Waals surface area contributed by atoms with Crippen molar-refractivity contribution in [3.8, 4) is 0 Å². The van der Waals surface area contributed by atoms with Crippen LogP contribution in [0.3, 0.4) is 0 Å². The first kappa shape index (κ1) is 17.1. The molecule has 1 aliphatic rings. The second-order valence-electron chi connectivity index (χ2n) is 6.09. The predicted octanol–water partition coefficient (Wildman–Crippen LogP) is 0.845. The number of likely N-dealkylation sites (N-methyl/N-ethyl adjacent to an activating group) is 1. The topological polar surface area (TPSA) is 99.5 Å². The largest absolute Gasteiger partial charge is 0.360 e. The molecule has 1 aromatic heterocycles. The summed E-state index contributed by atoms with van der Waals surface area (Å²) >= 11 is 0. The number of carbonyl (C=O) groups is 2. The summed E-state index contributed by atoms with van der Waals surface area (Å²) in [5.41, 5.74) is 7.20. The van der Waals surface area contributed by atoms with Crippen molar-refractivity contribution in [1.82, 2.24) is 20.9 Å². The molecule has 8 heteroatoms. The van der Waals surface area contributed by atoms with Gasteiger partial charge in [-0.25, -0.2) is 5.43 Å². The van der Waals surface area contributed by atoms with Gasteiger partial charge >= 0.3 is 0 Å². The quantitative estimate of drug-likeness (QED) is 0.744. The minimum absolute atomic E-state index is 0.0528. The summed E-state index contributed by atoms with van der Waals surface area (Å²) in [6.07, 6.45) is 0. The van der Waals surface area contributed by atoms with Crippen molar-refractivity contribution in [2.75, 3.05) is 25.5 Å². The number of rotatable bonds is 5. The summed E-state index contributed by atoms with van der Waals surface area (Å²) in [6, 6.07) is 11.3. The van der Waals surface area contributed by atoms with E-state index in [-0.39, 0.29) is 30.3 Å². The zero-order chi connectivity index (χ0) is 17.8. The van der Waals surface area contributed by atoms with Gasteiger partial charge in [0, 0.05) is 19.7 Å². The first-order chi connectivity index (χ1) is 12.0. The average molecular weight is 343 g/mol. The molecule has 3 N–H and O–H groups in total. The standard InChI is InChI=1S/C17H21N5O3/c1-11-8-14(21-25-11)19-15(23)10-22(2)17(24)13-9-18-20-16(13)12-6-4-3-5-7-12/h3-8,13,16,18,20H,9-10H2,1-2H3,(H,19,21,23). The van der Waals surface area contributed by atoms with Crippen LogP contribution < -0.4 is 16.2 Å². The van der Waals surface area contributed by atoms with E-state index in [1.165, 1.54) is 4.90 Å². The van der Waals surface area contributed by atoms with Crippen LogP contribution in [0.2, 0.25) is 0 Å². The Hall–Kier alpha value is -2.71. The van der Waals surface area contributed by atoms with Gasteiger partial charge in [0.25, 0.3) is 0 Å². The third kappa shape index (κ3) is 4.04. The number of benzene rings is 1. The number of carbonyl (C=O) groups excluding carboxylic acids is 2. The van der Waals surface area contributed by atoms with Crippen LogP contribution in [0.1, 0.15) is 17.4 Å². The Morgan fingerprint density at radius 2 is 2.12 bits per heavy atom. The van der Waals surface area contributed by atoms with E-state index in [9.17, 15) is 9.59 Å². The van der Waals surface area contributed by atoms with Gasteiger partial charge in [0.15, 0.2) is 5.82 Å². The fourth-order valence-electron chi connectivity index (χ4n) is 2.89. The highest BCUT2D eigenvalue weighted by atomic mass is 16.5. The Balaban J connectivity index is 1.60. The van der Waals surface area contributed by atoms with Crippen LogP contribution in [-0.4, -0.2) is 42.0 Å². The molecule has 1 fully saturated rings. The molecule has 2 unspecified atom stereocenters. The third-order valence-electron chi connectivity index (χ3n) is 4.11. The molecule has 0 saturated carbocycles. The van der Waals surface area contributed by atoms with E-state index in [0.29, 0.717) is 18.1 Å². The molecule has 1 aromatic carbocycles. The lowest BCUT2D eigenvalue weighted by Crippen LogP contribution is -2.40. The smallest absolute Gasteiger partial charge is 0.245 e. The summed E-state index contributed by atoms with van der Waals surface area (Å²) in [7, 11) is 1.62. The molecule has 0 aliphatic carbocycles. The zero-order valence-corrected chi connectivity index (χ0v) is 14.2. The van der Waals surface area contributed by atoms with E-state index in [1.54, 1.807) is 20.0 Å². The van der Waals surface area contributed by atoms with Gasteiger partial charge in [-0.2, -0.15) is 0 Å².